The Bertz CT molecular complexity index is 337. The molecule has 17 heavy (non-hydrogen) atoms. The number of nitriles is 1. The van der Waals surface area contributed by atoms with Gasteiger partial charge < -0.3 is 10.2 Å². The number of carbonyl (C=O) groups excluding carboxylic acids is 1. The SMILES string of the molecule is N#CC(CC(=O)N1CCCC1)NCCN=[N+]=[N-]. The largest absolute Gasteiger partial charge is 0.343 e. The third-order valence-corrected chi connectivity index (χ3v) is 2.66. The summed E-state index contributed by atoms with van der Waals surface area (Å²) in [7, 11) is 0. The number of amides is 1. The molecule has 7 nitrogen and oxygen atoms in total. The van der Waals surface area contributed by atoms with E-state index in [4.69, 9.17) is 10.8 Å². The van der Waals surface area contributed by atoms with Crippen LogP contribution >= 0.6 is 0 Å². The lowest BCUT2D eigenvalue weighted by molar-refractivity contribution is -0.130. The van der Waals surface area contributed by atoms with Gasteiger partial charge in [-0.2, -0.15) is 5.26 Å². The molecule has 1 amide bonds. The fourth-order valence-corrected chi connectivity index (χ4v) is 1.77. The lowest BCUT2D eigenvalue weighted by Gasteiger charge is -2.17. The van der Waals surface area contributed by atoms with E-state index < -0.39 is 6.04 Å². The second-order valence-corrected chi connectivity index (χ2v) is 3.88. The minimum absolute atomic E-state index is 0.0188. The number of hydrogen-bond acceptors (Lipinski definition) is 4. The minimum Gasteiger partial charge on any atom is -0.343 e. The highest BCUT2D eigenvalue weighted by Crippen LogP contribution is 2.09. The molecule has 0 aromatic heterocycles. The van der Waals surface area contributed by atoms with Gasteiger partial charge in [0.25, 0.3) is 0 Å². The van der Waals surface area contributed by atoms with Gasteiger partial charge in [0, 0.05) is 31.1 Å². The molecule has 1 aliphatic rings. The summed E-state index contributed by atoms with van der Waals surface area (Å²) in [5, 5.41) is 15.1. The van der Waals surface area contributed by atoms with Crippen LogP contribution in [0.1, 0.15) is 19.3 Å². The third-order valence-electron chi connectivity index (χ3n) is 2.66. The van der Waals surface area contributed by atoms with Crippen molar-refractivity contribution in [3.63, 3.8) is 0 Å². The lowest BCUT2D eigenvalue weighted by atomic mass is 10.2. The molecule has 1 rings (SSSR count). The van der Waals surface area contributed by atoms with Crippen LogP contribution in [-0.2, 0) is 4.79 Å². The van der Waals surface area contributed by atoms with E-state index in [-0.39, 0.29) is 18.9 Å². The molecule has 0 aromatic carbocycles. The summed E-state index contributed by atoms with van der Waals surface area (Å²) in [5.41, 5.74) is 8.08. The highest BCUT2D eigenvalue weighted by molar-refractivity contribution is 5.77. The van der Waals surface area contributed by atoms with Crippen molar-refractivity contribution in [3.8, 4) is 6.07 Å². The van der Waals surface area contributed by atoms with Crippen molar-refractivity contribution >= 4 is 5.91 Å². The van der Waals surface area contributed by atoms with Crippen LogP contribution in [0.2, 0.25) is 0 Å². The maximum absolute atomic E-state index is 11.8. The first kappa shape index (κ1) is 13.3. The summed E-state index contributed by atoms with van der Waals surface area (Å²) in [6.07, 6.45) is 2.29. The Balaban J connectivity index is 2.28. The number of likely N-dealkylation sites (tertiary alicyclic amines) is 1. The van der Waals surface area contributed by atoms with Gasteiger partial charge >= 0.3 is 0 Å². The van der Waals surface area contributed by atoms with E-state index in [1.54, 1.807) is 4.90 Å². The van der Waals surface area contributed by atoms with Crippen LogP contribution in [0.15, 0.2) is 5.11 Å². The molecule has 1 N–H and O–H groups in total. The molecule has 0 radical (unpaired) electrons. The van der Waals surface area contributed by atoms with Gasteiger partial charge in [0.15, 0.2) is 0 Å². The van der Waals surface area contributed by atoms with Gasteiger partial charge in [0.1, 0.15) is 6.04 Å². The van der Waals surface area contributed by atoms with Gasteiger partial charge in [0.2, 0.25) is 5.91 Å². The molecule has 1 saturated heterocycles. The van der Waals surface area contributed by atoms with Crippen LogP contribution in [0.3, 0.4) is 0 Å². The first-order valence-corrected chi connectivity index (χ1v) is 5.69. The monoisotopic (exact) mass is 236 g/mol. The first-order valence-electron chi connectivity index (χ1n) is 5.69. The highest BCUT2D eigenvalue weighted by Gasteiger charge is 2.21. The molecule has 0 aromatic rings. The summed E-state index contributed by atoms with van der Waals surface area (Å²) < 4.78 is 0. The summed E-state index contributed by atoms with van der Waals surface area (Å²) >= 11 is 0. The summed E-state index contributed by atoms with van der Waals surface area (Å²) in [5.74, 6) is 0.0188. The molecule has 0 saturated carbocycles. The molecule has 0 aliphatic carbocycles. The van der Waals surface area contributed by atoms with Crippen molar-refractivity contribution in [1.82, 2.24) is 10.2 Å². The predicted octanol–water partition coefficient (Wildman–Crippen LogP) is 0.791. The molecule has 1 fully saturated rings. The molecule has 1 heterocycles. The van der Waals surface area contributed by atoms with Crippen LogP contribution < -0.4 is 5.32 Å². The lowest BCUT2D eigenvalue weighted by Crippen LogP contribution is -2.37. The van der Waals surface area contributed by atoms with Gasteiger partial charge in [-0.1, -0.05) is 5.11 Å². The van der Waals surface area contributed by atoms with Crippen LogP contribution in [0.5, 0.6) is 0 Å². The Labute approximate surface area is 100 Å². The Hall–Kier alpha value is -1.77. The van der Waals surface area contributed by atoms with Gasteiger partial charge in [-0.25, -0.2) is 0 Å². The molecule has 92 valence electrons. The average molecular weight is 236 g/mol. The first-order chi connectivity index (χ1) is 8.27. The summed E-state index contributed by atoms with van der Waals surface area (Å²) in [6, 6.07) is 1.54. The van der Waals surface area contributed by atoms with Crippen molar-refractivity contribution in [2.75, 3.05) is 26.2 Å². The second kappa shape index (κ2) is 7.49. The van der Waals surface area contributed by atoms with Crippen LogP contribution in [0.4, 0.5) is 0 Å². The van der Waals surface area contributed by atoms with Gasteiger partial charge in [0.05, 0.1) is 12.5 Å². The molecule has 7 heteroatoms. The quantitative estimate of drug-likeness (QED) is 0.319. The number of rotatable bonds is 6. The number of azide groups is 1. The summed E-state index contributed by atoms with van der Waals surface area (Å²) in [6.45, 7) is 2.30. The van der Waals surface area contributed by atoms with E-state index in [1.807, 2.05) is 6.07 Å². The average Bonchev–Trinajstić information content (AvgIpc) is 2.86. The molecular formula is C10H16N6O. The highest BCUT2D eigenvalue weighted by atomic mass is 16.2. The second-order valence-electron chi connectivity index (χ2n) is 3.88. The van der Waals surface area contributed by atoms with Crippen molar-refractivity contribution < 1.29 is 4.79 Å². The Morgan fingerprint density at radius 2 is 2.29 bits per heavy atom. The Morgan fingerprint density at radius 3 is 2.88 bits per heavy atom. The fourth-order valence-electron chi connectivity index (χ4n) is 1.77. The summed E-state index contributed by atoms with van der Waals surface area (Å²) in [4.78, 5) is 16.2. The Morgan fingerprint density at radius 1 is 1.59 bits per heavy atom. The molecule has 1 unspecified atom stereocenters. The van der Waals surface area contributed by atoms with E-state index in [1.165, 1.54) is 0 Å². The maximum atomic E-state index is 11.8. The van der Waals surface area contributed by atoms with Crippen LogP contribution in [0, 0.1) is 11.3 Å². The third kappa shape index (κ3) is 4.72. The molecule has 1 aliphatic heterocycles. The van der Waals surface area contributed by atoms with Crippen molar-refractivity contribution in [2.45, 2.75) is 25.3 Å². The standard InChI is InChI=1S/C10H16N6O/c11-8-9(13-3-4-14-15-12)7-10(17)16-5-1-2-6-16/h9,13H,1-7H2. The number of nitrogens with zero attached hydrogens (tertiary/aromatic N) is 5. The maximum Gasteiger partial charge on any atom is 0.225 e. The smallest absolute Gasteiger partial charge is 0.225 e. The predicted molar refractivity (Wildman–Crippen MR) is 61.8 cm³/mol. The molecular weight excluding hydrogens is 220 g/mol. The van der Waals surface area contributed by atoms with Gasteiger partial charge in [-0.3, -0.25) is 4.79 Å². The van der Waals surface area contributed by atoms with E-state index >= 15 is 0 Å². The zero-order chi connectivity index (χ0) is 12.5. The molecule has 1 atom stereocenters. The zero-order valence-corrected chi connectivity index (χ0v) is 9.67. The van der Waals surface area contributed by atoms with Crippen LogP contribution in [0.25, 0.3) is 10.4 Å². The van der Waals surface area contributed by atoms with Crippen LogP contribution in [-0.4, -0.2) is 43.0 Å². The van der Waals surface area contributed by atoms with Crippen molar-refractivity contribution in [2.24, 2.45) is 5.11 Å². The number of carbonyl (C=O) groups is 1. The molecule has 0 bridgehead atoms. The topological polar surface area (TPSA) is 105 Å². The van der Waals surface area contributed by atoms with E-state index in [9.17, 15) is 4.79 Å². The van der Waals surface area contributed by atoms with Gasteiger partial charge in [-0.05, 0) is 18.4 Å². The normalized spacial score (nSPS) is 16.1. The molecule has 0 spiro atoms. The fraction of sp³-hybridized carbons (Fsp3) is 0.800. The number of hydrogen-bond donors (Lipinski definition) is 1. The van der Waals surface area contributed by atoms with Crippen molar-refractivity contribution in [1.29, 1.82) is 5.26 Å². The van der Waals surface area contributed by atoms with Crippen molar-refractivity contribution in [3.05, 3.63) is 10.4 Å². The minimum atomic E-state index is -0.503. The van der Waals surface area contributed by atoms with E-state index in [2.05, 4.69) is 15.3 Å². The van der Waals surface area contributed by atoms with E-state index in [0.717, 1.165) is 25.9 Å². The van der Waals surface area contributed by atoms with Gasteiger partial charge in [-0.15, -0.1) is 0 Å². The Kier molecular flexibility index (Phi) is 5.86. The van der Waals surface area contributed by atoms with E-state index in [0.29, 0.717) is 6.54 Å². The number of nitrogens with one attached hydrogen (secondary N) is 1. The zero-order valence-electron chi connectivity index (χ0n) is 9.67.